The van der Waals surface area contributed by atoms with Crippen molar-refractivity contribution in [3.63, 3.8) is 0 Å². The van der Waals surface area contributed by atoms with E-state index >= 15 is 0 Å². The van der Waals surface area contributed by atoms with Crippen molar-refractivity contribution >= 4 is 28.2 Å². The van der Waals surface area contributed by atoms with Crippen molar-refractivity contribution in [1.29, 1.82) is 0 Å². The molecule has 2 aromatic carbocycles. The van der Waals surface area contributed by atoms with Crippen LogP contribution in [0.2, 0.25) is 5.02 Å². The van der Waals surface area contributed by atoms with Gasteiger partial charge in [0.1, 0.15) is 12.4 Å². The maximum absolute atomic E-state index is 14.5. The Morgan fingerprint density at radius 1 is 1.00 bits per heavy atom. The summed E-state index contributed by atoms with van der Waals surface area (Å²) in [6.45, 7) is 1.17. The molecule has 0 aliphatic carbocycles. The van der Waals surface area contributed by atoms with Crippen molar-refractivity contribution in [2.75, 3.05) is 18.5 Å². The van der Waals surface area contributed by atoms with E-state index in [0.29, 0.717) is 41.0 Å². The van der Waals surface area contributed by atoms with Crippen molar-refractivity contribution < 1.29 is 9.13 Å². The van der Waals surface area contributed by atoms with Crippen LogP contribution >= 0.6 is 11.6 Å². The lowest BCUT2D eigenvalue weighted by Gasteiger charge is -2.23. The zero-order valence-corrected chi connectivity index (χ0v) is 15.5. The third kappa shape index (κ3) is 2.84. The SMILES string of the molecule is Fc1ccc(Cl)cc1-c1cc(-c2cncc3ccccc23)c2c(n1)NCCO2. The van der Waals surface area contributed by atoms with Gasteiger partial charge < -0.3 is 10.1 Å². The topological polar surface area (TPSA) is 47.0 Å². The summed E-state index contributed by atoms with van der Waals surface area (Å²) in [5.74, 6) is 0.859. The van der Waals surface area contributed by atoms with Crippen LogP contribution in [-0.4, -0.2) is 23.1 Å². The zero-order valence-electron chi connectivity index (χ0n) is 14.7. The molecule has 4 aromatic rings. The summed E-state index contributed by atoms with van der Waals surface area (Å²) in [5.41, 5.74) is 2.55. The Hall–Kier alpha value is -3.18. The summed E-state index contributed by atoms with van der Waals surface area (Å²) in [6, 6.07) is 14.3. The average molecular weight is 392 g/mol. The molecule has 4 nitrogen and oxygen atoms in total. The van der Waals surface area contributed by atoms with Crippen LogP contribution in [0.1, 0.15) is 0 Å². The van der Waals surface area contributed by atoms with Gasteiger partial charge in [-0.1, -0.05) is 35.9 Å². The molecule has 0 saturated carbocycles. The number of rotatable bonds is 2. The van der Waals surface area contributed by atoms with Gasteiger partial charge in [0.05, 0.1) is 12.2 Å². The summed E-state index contributed by atoms with van der Waals surface area (Å²) in [6.07, 6.45) is 3.62. The number of pyridine rings is 2. The molecule has 0 amide bonds. The van der Waals surface area contributed by atoms with Crippen LogP contribution < -0.4 is 10.1 Å². The van der Waals surface area contributed by atoms with Gasteiger partial charge in [-0.05, 0) is 29.7 Å². The maximum Gasteiger partial charge on any atom is 0.170 e. The number of hydrogen-bond acceptors (Lipinski definition) is 4. The van der Waals surface area contributed by atoms with Crippen LogP contribution in [0.3, 0.4) is 0 Å². The smallest absolute Gasteiger partial charge is 0.170 e. The fourth-order valence-electron chi connectivity index (χ4n) is 3.48. The first-order chi connectivity index (χ1) is 13.7. The first-order valence-corrected chi connectivity index (χ1v) is 9.29. The maximum atomic E-state index is 14.5. The Kier molecular flexibility index (Phi) is 4.10. The molecular weight excluding hydrogens is 377 g/mol. The zero-order chi connectivity index (χ0) is 19.1. The highest BCUT2D eigenvalue weighted by molar-refractivity contribution is 6.30. The predicted octanol–water partition coefficient (Wildman–Crippen LogP) is 5.56. The molecule has 1 N–H and O–H groups in total. The molecule has 0 saturated heterocycles. The molecular formula is C22H15ClFN3O. The van der Waals surface area contributed by atoms with E-state index in [9.17, 15) is 4.39 Å². The van der Waals surface area contributed by atoms with Crippen LogP contribution in [0.5, 0.6) is 5.75 Å². The van der Waals surface area contributed by atoms with Crippen LogP contribution in [0.25, 0.3) is 33.2 Å². The highest BCUT2D eigenvalue weighted by atomic mass is 35.5. The number of halogens is 2. The summed E-state index contributed by atoms with van der Waals surface area (Å²) in [5, 5.41) is 5.76. The van der Waals surface area contributed by atoms with Gasteiger partial charge in [-0.25, -0.2) is 9.37 Å². The van der Waals surface area contributed by atoms with E-state index < -0.39 is 0 Å². The molecule has 0 spiro atoms. The molecule has 6 heteroatoms. The number of aromatic nitrogens is 2. The monoisotopic (exact) mass is 391 g/mol. The van der Waals surface area contributed by atoms with Gasteiger partial charge in [-0.2, -0.15) is 0 Å². The van der Waals surface area contributed by atoms with Crippen LogP contribution in [-0.2, 0) is 0 Å². The van der Waals surface area contributed by atoms with Crippen molar-refractivity contribution in [3.05, 3.63) is 71.8 Å². The molecule has 0 radical (unpaired) electrons. The molecule has 3 heterocycles. The second kappa shape index (κ2) is 6.77. The van der Waals surface area contributed by atoms with Gasteiger partial charge >= 0.3 is 0 Å². The lowest BCUT2D eigenvalue weighted by molar-refractivity contribution is 0.323. The fraction of sp³-hybridized carbons (Fsp3) is 0.0909. The van der Waals surface area contributed by atoms with Crippen LogP contribution in [0.4, 0.5) is 10.2 Å². The van der Waals surface area contributed by atoms with E-state index in [0.717, 1.165) is 21.9 Å². The summed E-state index contributed by atoms with van der Waals surface area (Å²) < 4.78 is 20.4. The van der Waals surface area contributed by atoms with Gasteiger partial charge in [-0.15, -0.1) is 0 Å². The second-order valence-electron chi connectivity index (χ2n) is 6.54. The average Bonchev–Trinajstić information content (AvgIpc) is 2.74. The predicted molar refractivity (Wildman–Crippen MR) is 109 cm³/mol. The van der Waals surface area contributed by atoms with Gasteiger partial charge in [0.15, 0.2) is 11.6 Å². The number of ether oxygens (including phenoxy) is 1. The molecule has 2 aromatic heterocycles. The third-order valence-electron chi connectivity index (χ3n) is 4.78. The Morgan fingerprint density at radius 2 is 1.89 bits per heavy atom. The van der Waals surface area contributed by atoms with Crippen molar-refractivity contribution in [2.24, 2.45) is 0 Å². The van der Waals surface area contributed by atoms with Crippen molar-refractivity contribution in [1.82, 2.24) is 9.97 Å². The first-order valence-electron chi connectivity index (χ1n) is 8.91. The summed E-state index contributed by atoms with van der Waals surface area (Å²) in [7, 11) is 0. The van der Waals surface area contributed by atoms with Crippen molar-refractivity contribution in [3.8, 4) is 28.1 Å². The fourth-order valence-corrected chi connectivity index (χ4v) is 3.66. The molecule has 0 unspecified atom stereocenters. The number of benzene rings is 2. The molecule has 28 heavy (non-hydrogen) atoms. The van der Waals surface area contributed by atoms with Crippen molar-refractivity contribution in [2.45, 2.75) is 0 Å². The number of nitrogens with zero attached hydrogens (tertiary/aromatic N) is 2. The summed E-state index contributed by atoms with van der Waals surface area (Å²) >= 11 is 6.10. The minimum atomic E-state index is -0.379. The number of hydrogen-bond donors (Lipinski definition) is 1. The third-order valence-corrected chi connectivity index (χ3v) is 5.01. The van der Waals surface area contributed by atoms with E-state index in [2.05, 4.69) is 15.3 Å². The van der Waals surface area contributed by atoms with Gasteiger partial charge in [0, 0.05) is 39.5 Å². The van der Waals surface area contributed by atoms with Crippen LogP contribution in [0, 0.1) is 5.82 Å². The molecule has 0 atom stereocenters. The van der Waals surface area contributed by atoms with Gasteiger partial charge in [-0.3, -0.25) is 4.98 Å². The number of nitrogens with one attached hydrogen (secondary N) is 1. The van der Waals surface area contributed by atoms with E-state index in [1.807, 2.05) is 36.5 Å². The lowest BCUT2D eigenvalue weighted by Crippen LogP contribution is -2.20. The Morgan fingerprint density at radius 3 is 2.82 bits per heavy atom. The quantitative estimate of drug-likeness (QED) is 0.486. The lowest BCUT2D eigenvalue weighted by atomic mass is 9.98. The van der Waals surface area contributed by atoms with E-state index in [1.54, 1.807) is 12.3 Å². The van der Waals surface area contributed by atoms with Crippen LogP contribution in [0.15, 0.2) is 60.9 Å². The largest absolute Gasteiger partial charge is 0.487 e. The van der Waals surface area contributed by atoms with E-state index in [1.165, 1.54) is 12.1 Å². The van der Waals surface area contributed by atoms with E-state index in [-0.39, 0.29) is 5.82 Å². The molecule has 5 rings (SSSR count). The highest BCUT2D eigenvalue weighted by Crippen LogP contribution is 2.42. The van der Waals surface area contributed by atoms with E-state index in [4.69, 9.17) is 16.3 Å². The minimum absolute atomic E-state index is 0.345. The first kappa shape index (κ1) is 17.0. The van der Waals surface area contributed by atoms with Gasteiger partial charge in [0.25, 0.3) is 0 Å². The normalized spacial score (nSPS) is 12.9. The molecule has 0 fully saturated rings. The standard InChI is InChI=1S/C22H15ClFN3O/c23-14-5-6-19(24)17(9-14)20-10-16(21-22(27-20)26-7-8-28-21)18-12-25-11-13-3-1-2-4-15(13)18/h1-6,9-12H,7-8H2,(H,26,27). The highest BCUT2D eigenvalue weighted by Gasteiger charge is 2.22. The number of fused-ring (bicyclic) bond motifs is 2. The Bertz CT molecular complexity index is 1210. The number of anilines is 1. The second-order valence-corrected chi connectivity index (χ2v) is 6.98. The summed E-state index contributed by atoms with van der Waals surface area (Å²) in [4.78, 5) is 8.98. The minimum Gasteiger partial charge on any atom is -0.487 e. The Labute approximate surface area is 166 Å². The van der Waals surface area contributed by atoms with Gasteiger partial charge in [0.2, 0.25) is 0 Å². The molecule has 0 bridgehead atoms. The Balaban J connectivity index is 1.81. The molecule has 1 aliphatic rings. The molecule has 1 aliphatic heterocycles. The molecule has 138 valence electrons.